The molecule has 0 aliphatic heterocycles. The van der Waals surface area contributed by atoms with Crippen molar-refractivity contribution in [2.45, 2.75) is 64.3 Å². The summed E-state index contributed by atoms with van der Waals surface area (Å²) in [5.74, 6) is 0.196. The van der Waals surface area contributed by atoms with Crippen LogP contribution in [0.5, 0.6) is 17.2 Å². The quantitative estimate of drug-likeness (QED) is 0.243. The third kappa shape index (κ3) is 6.03. The summed E-state index contributed by atoms with van der Waals surface area (Å²) in [5, 5.41) is 32.6. The lowest BCUT2D eigenvalue weighted by molar-refractivity contribution is 0.109. The molecule has 2 aromatic carbocycles. The normalized spacial score (nSPS) is 16.0. The molecule has 0 spiro atoms. The standard InChI is InChI=1S/C24H33ClN2O3/c1-2-3-4-5-12-27(26-11-10-17-13-19(25)16-21(28)14-17)20-7-8-22-18(15-20)6-9-23(29)24(22)30/h6,9,13-14,16,20,26,28-30H,2-5,7-8,10-12,15H2,1H3. The predicted molar refractivity (Wildman–Crippen MR) is 121 cm³/mol. The number of phenols is 3. The zero-order valence-electron chi connectivity index (χ0n) is 17.7. The number of fused-ring (bicyclic) bond motifs is 1. The molecule has 30 heavy (non-hydrogen) atoms. The van der Waals surface area contributed by atoms with Crippen LogP contribution in [0.25, 0.3) is 0 Å². The van der Waals surface area contributed by atoms with Crippen molar-refractivity contribution < 1.29 is 15.3 Å². The van der Waals surface area contributed by atoms with Crippen LogP contribution in [0.2, 0.25) is 5.02 Å². The van der Waals surface area contributed by atoms with Crippen LogP contribution in [0.4, 0.5) is 0 Å². The molecule has 1 aliphatic rings. The summed E-state index contributed by atoms with van der Waals surface area (Å²) in [7, 11) is 0. The number of halogens is 1. The topological polar surface area (TPSA) is 76.0 Å². The van der Waals surface area contributed by atoms with Crippen LogP contribution in [-0.4, -0.2) is 39.5 Å². The van der Waals surface area contributed by atoms with Crippen molar-refractivity contribution in [2.75, 3.05) is 13.1 Å². The molecule has 6 heteroatoms. The maximum atomic E-state index is 10.2. The molecule has 0 heterocycles. The smallest absolute Gasteiger partial charge is 0.160 e. The third-order valence-electron chi connectivity index (χ3n) is 5.91. The predicted octanol–water partition coefficient (Wildman–Crippen LogP) is 4.94. The van der Waals surface area contributed by atoms with Gasteiger partial charge in [-0.3, -0.25) is 5.43 Å². The molecule has 0 radical (unpaired) electrons. The van der Waals surface area contributed by atoms with Gasteiger partial charge < -0.3 is 15.3 Å². The third-order valence-corrected chi connectivity index (χ3v) is 6.12. The molecule has 1 atom stereocenters. The van der Waals surface area contributed by atoms with E-state index in [0.717, 1.165) is 61.9 Å². The van der Waals surface area contributed by atoms with Gasteiger partial charge in [0.2, 0.25) is 0 Å². The van der Waals surface area contributed by atoms with Crippen molar-refractivity contribution in [3.63, 3.8) is 0 Å². The first-order chi connectivity index (χ1) is 14.5. The van der Waals surface area contributed by atoms with Crippen LogP contribution in [0.1, 0.15) is 55.7 Å². The number of nitrogens with zero attached hydrogens (tertiary/aromatic N) is 1. The Bertz CT molecular complexity index is 823. The number of unbranched alkanes of at least 4 members (excludes halogenated alkanes) is 3. The lowest BCUT2D eigenvalue weighted by Crippen LogP contribution is -2.49. The van der Waals surface area contributed by atoms with E-state index in [1.165, 1.54) is 19.3 Å². The van der Waals surface area contributed by atoms with Crippen LogP contribution in [0.3, 0.4) is 0 Å². The molecule has 0 saturated heterocycles. The van der Waals surface area contributed by atoms with E-state index in [4.69, 9.17) is 11.6 Å². The first kappa shape index (κ1) is 22.7. The Kier molecular flexibility index (Phi) is 8.25. The van der Waals surface area contributed by atoms with E-state index in [0.29, 0.717) is 11.1 Å². The molecule has 5 nitrogen and oxygen atoms in total. The fourth-order valence-corrected chi connectivity index (χ4v) is 4.54. The summed E-state index contributed by atoms with van der Waals surface area (Å²) < 4.78 is 0. The van der Waals surface area contributed by atoms with Gasteiger partial charge in [0.15, 0.2) is 11.5 Å². The Morgan fingerprint density at radius 3 is 2.70 bits per heavy atom. The first-order valence-corrected chi connectivity index (χ1v) is 11.4. The van der Waals surface area contributed by atoms with Gasteiger partial charge in [-0.25, -0.2) is 5.01 Å². The molecular formula is C24H33ClN2O3. The van der Waals surface area contributed by atoms with Gasteiger partial charge in [-0.1, -0.05) is 43.9 Å². The molecular weight excluding hydrogens is 400 g/mol. The minimum Gasteiger partial charge on any atom is -0.508 e. The summed E-state index contributed by atoms with van der Waals surface area (Å²) in [4.78, 5) is 0. The zero-order chi connectivity index (χ0) is 21.5. The average Bonchev–Trinajstić information content (AvgIpc) is 2.71. The molecule has 3 rings (SSSR count). The first-order valence-electron chi connectivity index (χ1n) is 11.0. The molecule has 0 aromatic heterocycles. The average molecular weight is 433 g/mol. The summed E-state index contributed by atoms with van der Waals surface area (Å²) in [6.07, 6.45) is 8.14. The van der Waals surface area contributed by atoms with Crippen molar-refractivity contribution in [3.05, 3.63) is 52.0 Å². The molecule has 0 amide bonds. The molecule has 1 aliphatic carbocycles. The highest BCUT2D eigenvalue weighted by Gasteiger charge is 2.26. The summed E-state index contributed by atoms with van der Waals surface area (Å²) in [6, 6.07) is 9.05. The van der Waals surface area contributed by atoms with Crippen molar-refractivity contribution >= 4 is 11.6 Å². The van der Waals surface area contributed by atoms with E-state index in [-0.39, 0.29) is 17.2 Å². The minimum atomic E-state index is -0.0356. The minimum absolute atomic E-state index is 0.0356. The van der Waals surface area contributed by atoms with Gasteiger partial charge in [-0.15, -0.1) is 0 Å². The van der Waals surface area contributed by atoms with Crippen molar-refractivity contribution in [1.82, 2.24) is 10.4 Å². The van der Waals surface area contributed by atoms with Gasteiger partial charge >= 0.3 is 0 Å². The second-order valence-corrected chi connectivity index (χ2v) is 8.63. The van der Waals surface area contributed by atoms with Crippen LogP contribution in [-0.2, 0) is 19.3 Å². The maximum Gasteiger partial charge on any atom is 0.160 e. The fraction of sp³-hybridized carbons (Fsp3) is 0.500. The van der Waals surface area contributed by atoms with Gasteiger partial charge in [0, 0.05) is 29.7 Å². The molecule has 4 N–H and O–H groups in total. The maximum absolute atomic E-state index is 10.2. The van der Waals surface area contributed by atoms with Gasteiger partial charge in [-0.05, 0) is 67.5 Å². The molecule has 2 aromatic rings. The number of hydrogen-bond acceptors (Lipinski definition) is 5. The fourth-order valence-electron chi connectivity index (χ4n) is 4.29. The van der Waals surface area contributed by atoms with Crippen molar-refractivity contribution in [3.8, 4) is 17.2 Å². The number of hydrazine groups is 1. The highest BCUT2D eigenvalue weighted by Crippen LogP contribution is 2.36. The highest BCUT2D eigenvalue weighted by molar-refractivity contribution is 6.30. The van der Waals surface area contributed by atoms with E-state index in [1.54, 1.807) is 18.2 Å². The monoisotopic (exact) mass is 432 g/mol. The van der Waals surface area contributed by atoms with E-state index < -0.39 is 0 Å². The largest absolute Gasteiger partial charge is 0.508 e. The van der Waals surface area contributed by atoms with Gasteiger partial charge in [0.25, 0.3) is 0 Å². The number of benzene rings is 2. The molecule has 0 fully saturated rings. The number of aromatic hydroxyl groups is 3. The number of nitrogens with one attached hydrogen (secondary N) is 1. The van der Waals surface area contributed by atoms with Crippen molar-refractivity contribution in [2.24, 2.45) is 0 Å². The molecule has 0 saturated carbocycles. The van der Waals surface area contributed by atoms with Crippen LogP contribution >= 0.6 is 11.6 Å². The van der Waals surface area contributed by atoms with E-state index >= 15 is 0 Å². The zero-order valence-corrected chi connectivity index (χ0v) is 18.5. The van der Waals surface area contributed by atoms with E-state index in [1.807, 2.05) is 12.1 Å². The number of rotatable bonds is 10. The Balaban J connectivity index is 1.63. The van der Waals surface area contributed by atoms with Crippen LogP contribution < -0.4 is 5.43 Å². The van der Waals surface area contributed by atoms with Crippen LogP contribution in [0.15, 0.2) is 30.3 Å². The van der Waals surface area contributed by atoms with Gasteiger partial charge in [0.1, 0.15) is 5.75 Å². The van der Waals surface area contributed by atoms with E-state index in [9.17, 15) is 15.3 Å². The molecule has 0 bridgehead atoms. The summed E-state index contributed by atoms with van der Waals surface area (Å²) in [5.41, 5.74) is 6.61. The molecule has 1 unspecified atom stereocenters. The highest BCUT2D eigenvalue weighted by atomic mass is 35.5. The van der Waals surface area contributed by atoms with Crippen molar-refractivity contribution in [1.29, 1.82) is 0 Å². The Morgan fingerprint density at radius 1 is 1.10 bits per heavy atom. The van der Waals surface area contributed by atoms with E-state index in [2.05, 4.69) is 17.4 Å². The second-order valence-electron chi connectivity index (χ2n) is 8.20. The summed E-state index contributed by atoms with van der Waals surface area (Å²) >= 11 is 6.05. The Morgan fingerprint density at radius 2 is 1.93 bits per heavy atom. The lowest BCUT2D eigenvalue weighted by Gasteiger charge is -2.36. The Labute approximate surface area is 184 Å². The second kappa shape index (κ2) is 10.9. The molecule has 164 valence electrons. The van der Waals surface area contributed by atoms with Gasteiger partial charge in [0.05, 0.1) is 0 Å². The lowest BCUT2D eigenvalue weighted by atomic mass is 9.87. The SMILES string of the molecule is CCCCCCN(NCCc1cc(O)cc(Cl)c1)C1CCc2c(ccc(O)c2O)C1. The number of hydrogen-bond donors (Lipinski definition) is 4. The summed E-state index contributed by atoms with van der Waals surface area (Å²) in [6.45, 7) is 3.96. The number of phenolic OH excluding ortho intramolecular Hbond substituents is 3. The van der Waals surface area contributed by atoms with Gasteiger partial charge in [-0.2, -0.15) is 0 Å². The van der Waals surface area contributed by atoms with Crippen LogP contribution in [0, 0.1) is 0 Å². The Hall–Kier alpha value is -1.95.